The van der Waals surface area contributed by atoms with Crippen molar-refractivity contribution in [2.75, 3.05) is 11.9 Å². The Bertz CT molecular complexity index is 473. The molecule has 2 rings (SSSR count). The first-order valence-electron chi connectivity index (χ1n) is 5.21. The number of carbonyl (C=O) groups excluding carboxylic acids is 1. The second kappa shape index (κ2) is 4.49. The highest BCUT2D eigenvalue weighted by atomic mass is 19.4. The van der Waals surface area contributed by atoms with E-state index >= 15 is 0 Å². The molecule has 98 valence electrons. The standard InChI is InChI=1S/C11H10F3NO3/c12-11(13,14)6-1-2-8-7(5-6)15-10(17)9(18-8)3-4-16/h1-2,5,9,16H,3-4H2,(H,15,17). The van der Waals surface area contributed by atoms with E-state index in [1.165, 1.54) is 0 Å². The minimum atomic E-state index is -4.47. The Morgan fingerprint density at radius 2 is 2.11 bits per heavy atom. The van der Waals surface area contributed by atoms with Gasteiger partial charge in [-0.25, -0.2) is 0 Å². The molecule has 7 heteroatoms. The molecule has 0 aromatic heterocycles. The van der Waals surface area contributed by atoms with Crippen molar-refractivity contribution in [1.82, 2.24) is 0 Å². The maximum atomic E-state index is 12.5. The Morgan fingerprint density at radius 3 is 2.72 bits per heavy atom. The zero-order valence-electron chi connectivity index (χ0n) is 9.12. The lowest BCUT2D eigenvalue weighted by Crippen LogP contribution is -2.37. The molecule has 0 aliphatic carbocycles. The third kappa shape index (κ3) is 2.40. The molecule has 0 bridgehead atoms. The van der Waals surface area contributed by atoms with E-state index in [0.717, 1.165) is 18.2 Å². The first kappa shape index (κ1) is 12.7. The van der Waals surface area contributed by atoms with Crippen molar-refractivity contribution in [3.05, 3.63) is 23.8 Å². The summed E-state index contributed by atoms with van der Waals surface area (Å²) in [6.07, 6.45) is -5.26. The van der Waals surface area contributed by atoms with Gasteiger partial charge in [0, 0.05) is 13.0 Å². The lowest BCUT2D eigenvalue weighted by Gasteiger charge is -2.26. The number of nitrogens with one attached hydrogen (secondary N) is 1. The van der Waals surface area contributed by atoms with Crippen LogP contribution in [0, 0.1) is 0 Å². The maximum absolute atomic E-state index is 12.5. The molecular formula is C11H10F3NO3. The smallest absolute Gasteiger partial charge is 0.416 e. The molecule has 1 aromatic carbocycles. The van der Waals surface area contributed by atoms with Crippen LogP contribution in [0.1, 0.15) is 12.0 Å². The third-order valence-corrected chi connectivity index (χ3v) is 2.52. The largest absolute Gasteiger partial charge is 0.478 e. The van der Waals surface area contributed by atoms with E-state index < -0.39 is 23.8 Å². The number of fused-ring (bicyclic) bond motifs is 1. The first-order valence-corrected chi connectivity index (χ1v) is 5.21. The predicted octanol–water partition coefficient (Wildman–Crippen LogP) is 1.79. The molecule has 4 nitrogen and oxygen atoms in total. The van der Waals surface area contributed by atoms with Crippen LogP contribution in [0.5, 0.6) is 5.75 Å². The number of amides is 1. The van der Waals surface area contributed by atoms with Crippen molar-refractivity contribution in [1.29, 1.82) is 0 Å². The molecule has 0 saturated heterocycles. The Hall–Kier alpha value is -1.76. The molecule has 0 fully saturated rings. The third-order valence-electron chi connectivity index (χ3n) is 2.52. The number of ether oxygens (including phenoxy) is 1. The lowest BCUT2D eigenvalue weighted by atomic mass is 10.1. The molecule has 1 aromatic rings. The Kier molecular flexibility index (Phi) is 3.16. The van der Waals surface area contributed by atoms with E-state index in [0.29, 0.717) is 0 Å². The lowest BCUT2D eigenvalue weighted by molar-refractivity contribution is -0.137. The minimum Gasteiger partial charge on any atom is -0.478 e. The van der Waals surface area contributed by atoms with Crippen LogP contribution < -0.4 is 10.1 Å². The summed E-state index contributed by atoms with van der Waals surface area (Å²) < 4.78 is 42.6. The van der Waals surface area contributed by atoms with Gasteiger partial charge in [-0.1, -0.05) is 0 Å². The number of hydrogen-bond acceptors (Lipinski definition) is 3. The molecule has 1 heterocycles. The fourth-order valence-corrected chi connectivity index (χ4v) is 1.63. The number of alkyl halides is 3. The van der Waals surface area contributed by atoms with Crippen molar-refractivity contribution in [2.45, 2.75) is 18.7 Å². The molecule has 1 amide bonds. The summed E-state index contributed by atoms with van der Waals surface area (Å²) in [5.41, 5.74) is -0.866. The highest BCUT2D eigenvalue weighted by Crippen LogP contribution is 2.37. The molecule has 0 radical (unpaired) electrons. The van der Waals surface area contributed by atoms with Crippen molar-refractivity contribution in [2.24, 2.45) is 0 Å². The molecular weight excluding hydrogens is 251 g/mol. The van der Waals surface area contributed by atoms with Gasteiger partial charge in [0.15, 0.2) is 6.10 Å². The fraction of sp³-hybridized carbons (Fsp3) is 0.364. The van der Waals surface area contributed by atoms with Crippen LogP contribution in [0.3, 0.4) is 0 Å². The zero-order valence-corrected chi connectivity index (χ0v) is 9.12. The van der Waals surface area contributed by atoms with Crippen molar-refractivity contribution in [3.8, 4) is 5.75 Å². The number of hydrogen-bond donors (Lipinski definition) is 2. The summed E-state index contributed by atoms with van der Waals surface area (Å²) in [6.45, 7) is -0.242. The average Bonchev–Trinajstić information content (AvgIpc) is 2.28. The fourth-order valence-electron chi connectivity index (χ4n) is 1.63. The Labute approximate surface area is 100 Å². The van der Waals surface area contributed by atoms with Crippen LogP contribution in [0.15, 0.2) is 18.2 Å². The monoisotopic (exact) mass is 261 g/mol. The summed E-state index contributed by atoms with van der Waals surface area (Å²) in [7, 11) is 0. The molecule has 1 unspecified atom stereocenters. The summed E-state index contributed by atoms with van der Waals surface area (Å²) in [5.74, 6) is -0.392. The number of rotatable bonds is 2. The van der Waals surface area contributed by atoms with Gasteiger partial charge in [-0.2, -0.15) is 13.2 Å². The number of aliphatic hydroxyl groups excluding tert-OH is 1. The van der Waals surface area contributed by atoms with Gasteiger partial charge in [0.1, 0.15) is 5.75 Å². The number of aliphatic hydroxyl groups is 1. The normalized spacial score (nSPS) is 18.9. The summed E-state index contributed by atoms with van der Waals surface area (Å²) in [6, 6.07) is 2.86. The van der Waals surface area contributed by atoms with E-state index in [-0.39, 0.29) is 24.5 Å². The second-order valence-electron chi connectivity index (χ2n) is 3.82. The minimum absolute atomic E-state index is 0.0102. The Balaban J connectivity index is 2.29. The van der Waals surface area contributed by atoms with Crippen LogP contribution in [0.25, 0.3) is 0 Å². The maximum Gasteiger partial charge on any atom is 0.416 e. The molecule has 2 N–H and O–H groups in total. The van der Waals surface area contributed by atoms with Gasteiger partial charge >= 0.3 is 6.18 Å². The van der Waals surface area contributed by atoms with Crippen LogP contribution in [0.2, 0.25) is 0 Å². The number of halogens is 3. The highest BCUT2D eigenvalue weighted by molar-refractivity contribution is 5.97. The van der Waals surface area contributed by atoms with Crippen LogP contribution in [-0.2, 0) is 11.0 Å². The van der Waals surface area contributed by atoms with Crippen LogP contribution in [-0.4, -0.2) is 23.7 Å². The van der Waals surface area contributed by atoms with Crippen molar-refractivity contribution >= 4 is 11.6 Å². The SMILES string of the molecule is O=C1Nc2cc(C(F)(F)F)ccc2OC1CCO. The number of carbonyl (C=O) groups is 1. The van der Waals surface area contributed by atoms with Gasteiger partial charge in [-0.15, -0.1) is 0 Å². The van der Waals surface area contributed by atoms with Crippen molar-refractivity contribution in [3.63, 3.8) is 0 Å². The van der Waals surface area contributed by atoms with Gasteiger partial charge in [0.05, 0.1) is 11.3 Å². The van der Waals surface area contributed by atoms with Gasteiger partial charge < -0.3 is 15.2 Å². The predicted molar refractivity (Wildman–Crippen MR) is 56.2 cm³/mol. The quantitative estimate of drug-likeness (QED) is 0.853. The van der Waals surface area contributed by atoms with Gasteiger partial charge in [0.25, 0.3) is 5.91 Å². The van der Waals surface area contributed by atoms with Crippen LogP contribution >= 0.6 is 0 Å². The number of anilines is 1. The van der Waals surface area contributed by atoms with E-state index in [9.17, 15) is 18.0 Å². The van der Waals surface area contributed by atoms with Gasteiger partial charge in [0.2, 0.25) is 0 Å². The van der Waals surface area contributed by atoms with E-state index in [1.807, 2.05) is 0 Å². The molecule has 1 aliphatic rings. The van der Waals surface area contributed by atoms with E-state index in [2.05, 4.69) is 5.32 Å². The molecule has 1 aliphatic heterocycles. The zero-order chi connectivity index (χ0) is 13.3. The average molecular weight is 261 g/mol. The van der Waals surface area contributed by atoms with E-state index in [1.54, 1.807) is 0 Å². The molecule has 0 spiro atoms. The van der Waals surface area contributed by atoms with Gasteiger partial charge in [-0.3, -0.25) is 4.79 Å². The van der Waals surface area contributed by atoms with Crippen LogP contribution in [0.4, 0.5) is 18.9 Å². The summed E-state index contributed by atoms with van der Waals surface area (Å²) >= 11 is 0. The highest BCUT2D eigenvalue weighted by Gasteiger charge is 2.33. The molecule has 18 heavy (non-hydrogen) atoms. The molecule has 0 saturated carbocycles. The van der Waals surface area contributed by atoms with Crippen molar-refractivity contribution < 1.29 is 27.8 Å². The summed E-state index contributed by atoms with van der Waals surface area (Å²) in [5, 5.41) is 11.1. The van der Waals surface area contributed by atoms with E-state index in [4.69, 9.17) is 9.84 Å². The van der Waals surface area contributed by atoms with Gasteiger partial charge in [-0.05, 0) is 18.2 Å². The summed E-state index contributed by atoms with van der Waals surface area (Å²) in [4.78, 5) is 11.5. The Morgan fingerprint density at radius 1 is 1.39 bits per heavy atom. The number of benzene rings is 1. The molecule has 1 atom stereocenters. The first-order chi connectivity index (χ1) is 8.41. The second-order valence-corrected chi connectivity index (χ2v) is 3.82. The topological polar surface area (TPSA) is 58.6 Å².